The summed E-state index contributed by atoms with van der Waals surface area (Å²) in [5.74, 6) is -0.269. The van der Waals surface area contributed by atoms with E-state index >= 15 is 0 Å². The van der Waals surface area contributed by atoms with Gasteiger partial charge in [0.05, 0.1) is 6.04 Å². The lowest BCUT2D eigenvalue weighted by Gasteiger charge is -2.23. The van der Waals surface area contributed by atoms with Crippen molar-refractivity contribution in [2.75, 3.05) is 5.73 Å². The van der Waals surface area contributed by atoms with Crippen molar-refractivity contribution >= 4 is 22.6 Å². The molecule has 4 N–H and O–H groups in total. The van der Waals surface area contributed by atoms with Crippen LogP contribution in [0.5, 0.6) is 0 Å². The highest BCUT2D eigenvalue weighted by Gasteiger charge is 2.23. The highest BCUT2D eigenvalue weighted by molar-refractivity contribution is 8.14. The van der Waals surface area contributed by atoms with Gasteiger partial charge in [0.1, 0.15) is 5.82 Å². The number of nitrogen functional groups attached to an aromatic ring is 1. The summed E-state index contributed by atoms with van der Waals surface area (Å²) in [5.41, 5.74) is 12.4. The van der Waals surface area contributed by atoms with Crippen LogP contribution in [0.1, 0.15) is 24.9 Å². The van der Waals surface area contributed by atoms with E-state index in [-0.39, 0.29) is 11.9 Å². The first-order chi connectivity index (χ1) is 7.56. The van der Waals surface area contributed by atoms with E-state index in [1.807, 2.05) is 0 Å². The van der Waals surface area contributed by atoms with Gasteiger partial charge in [-0.1, -0.05) is 18.7 Å². The summed E-state index contributed by atoms with van der Waals surface area (Å²) in [5, 5.41) is 0.869. The lowest BCUT2D eigenvalue weighted by molar-refractivity contribution is 0.563. The van der Waals surface area contributed by atoms with E-state index in [9.17, 15) is 4.39 Å². The zero-order valence-electron chi connectivity index (χ0n) is 8.98. The Balaban J connectivity index is 2.36. The van der Waals surface area contributed by atoms with Gasteiger partial charge in [-0.25, -0.2) is 4.39 Å². The summed E-state index contributed by atoms with van der Waals surface area (Å²) < 4.78 is 13.6. The molecule has 16 heavy (non-hydrogen) atoms. The molecule has 5 heteroatoms. The molecule has 0 amide bonds. The number of anilines is 1. The highest BCUT2D eigenvalue weighted by atomic mass is 32.2. The first-order valence-electron chi connectivity index (χ1n) is 5.11. The van der Waals surface area contributed by atoms with Gasteiger partial charge in [0.15, 0.2) is 5.17 Å². The van der Waals surface area contributed by atoms with E-state index in [1.165, 1.54) is 17.8 Å². The topological polar surface area (TPSA) is 64.4 Å². The number of thioether (sulfide) groups is 1. The van der Waals surface area contributed by atoms with E-state index in [4.69, 9.17) is 11.5 Å². The Bertz CT molecular complexity index is 433. The fourth-order valence-corrected chi connectivity index (χ4v) is 2.70. The fourth-order valence-electron chi connectivity index (χ4n) is 1.82. The number of hydrogen-bond acceptors (Lipinski definition) is 4. The molecule has 0 bridgehead atoms. The van der Waals surface area contributed by atoms with Crippen LogP contribution in [-0.4, -0.2) is 10.4 Å². The minimum atomic E-state index is -0.269. The molecule has 1 heterocycles. The normalized spacial score (nSPS) is 25.2. The van der Waals surface area contributed by atoms with Crippen molar-refractivity contribution in [2.24, 2.45) is 10.7 Å². The van der Waals surface area contributed by atoms with Crippen LogP contribution in [0.3, 0.4) is 0 Å². The third-order valence-electron chi connectivity index (χ3n) is 2.54. The smallest absolute Gasteiger partial charge is 0.154 e. The molecule has 1 aromatic carbocycles. The van der Waals surface area contributed by atoms with Gasteiger partial charge in [-0.15, -0.1) is 0 Å². The van der Waals surface area contributed by atoms with Crippen molar-refractivity contribution in [2.45, 2.75) is 24.6 Å². The quantitative estimate of drug-likeness (QED) is 0.739. The molecule has 2 unspecified atom stereocenters. The Morgan fingerprint density at radius 3 is 2.88 bits per heavy atom. The molecule has 3 nitrogen and oxygen atoms in total. The Labute approximate surface area is 98.1 Å². The van der Waals surface area contributed by atoms with Gasteiger partial charge in [0.2, 0.25) is 0 Å². The van der Waals surface area contributed by atoms with Gasteiger partial charge < -0.3 is 11.5 Å². The number of nitrogens with zero attached hydrogens (tertiary/aromatic N) is 1. The highest BCUT2D eigenvalue weighted by Crippen LogP contribution is 2.34. The Kier molecular flexibility index (Phi) is 3.05. The summed E-state index contributed by atoms with van der Waals surface area (Å²) in [6.45, 7) is 2.06. The maximum absolute atomic E-state index is 13.6. The lowest BCUT2D eigenvalue weighted by atomic mass is 10.0. The van der Waals surface area contributed by atoms with Crippen LogP contribution in [-0.2, 0) is 0 Å². The molecule has 1 aliphatic heterocycles. The molecule has 0 saturated carbocycles. The van der Waals surface area contributed by atoms with E-state index in [1.54, 1.807) is 12.1 Å². The summed E-state index contributed by atoms with van der Waals surface area (Å²) in [6.07, 6.45) is 0.783. The van der Waals surface area contributed by atoms with Crippen molar-refractivity contribution in [1.29, 1.82) is 0 Å². The van der Waals surface area contributed by atoms with Crippen LogP contribution >= 0.6 is 11.8 Å². The van der Waals surface area contributed by atoms with Crippen LogP contribution in [0.25, 0.3) is 0 Å². The van der Waals surface area contributed by atoms with Crippen LogP contribution in [0.15, 0.2) is 23.2 Å². The molecule has 1 aliphatic rings. The second-order valence-electron chi connectivity index (χ2n) is 3.93. The van der Waals surface area contributed by atoms with Crippen LogP contribution in [0.4, 0.5) is 10.1 Å². The minimum absolute atomic E-state index is 0.209. The fraction of sp³-hybridized carbons (Fsp3) is 0.364. The average molecular weight is 239 g/mol. The molecule has 86 valence electrons. The van der Waals surface area contributed by atoms with Gasteiger partial charge in [0.25, 0.3) is 0 Å². The first kappa shape index (κ1) is 11.3. The largest absolute Gasteiger partial charge is 0.399 e. The monoisotopic (exact) mass is 239 g/mol. The van der Waals surface area contributed by atoms with Crippen molar-refractivity contribution in [1.82, 2.24) is 0 Å². The number of hydrogen-bond donors (Lipinski definition) is 2. The van der Waals surface area contributed by atoms with Crippen molar-refractivity contribution < 1.29 is 4.39 Å². The molecule has 0 spiro atoms. The zero-order chi connectivity index (χ0) is 11.7. The summed E-state index contributed by atoms with van der Waals surface area (Å²) in [7, 11) is 0. The van der Waals surface area contributed by atoms with E-state index < -0.39 is 0 Å². The number of rotatable bonds is 1. The molecule has 0 aliphatic carbocycles. The maximum atomic E-state index is 13.6. The predicted molar refractivity (Wildman–Crippen MR) is 66.8 cm³/mol. The Hall–Kier alpha value is -1.23. The molecule has 0 fully saturated rings. The van der Waals surface area contributed by atoms with Crippen LogP contribution in [0.2, 0.25) is 0 Å². The Morgan fingerprint density at radius 1 is 1.44 bits per heavy atom. The second-order valence-corrected chi connectivity index (χ2v) is 5.39. The van der Waals surface area contributed by atoms with Crippen molar-refractivity contribution in [3.8, 4) is 0 Å². The van der Waals surface area contributed by atoms with Crippen molar-refractivity contribution in [3.05, 3.63) is 29.6 Å². The third kappa shape index (κ3) is 2.29. The molecular weight excluding hydrogens is 225 g/mol. The molecule has 2 rings (SSSR count). The average Bonchev–Trinajstić information content (AvgIpc) is 2.20. The second kappa shape index (κ2) is 4.33. The Morgan fingerprint density at radius 2 is 2.19 bits per heavy atom. The number of aliphatic imine (C=N–C) groups is 1. The lowest BCUT2D eigenvalue weighted by Crippen LogP contribution is -2.21. The number of nitrogens with two attached hydrogens (primary N) is 2. The van der Waals surface area contributed by atoms with Crippen molar-refractivity contribution in [3.63, 3.8) is 0 Å². The number of amidine groups is 1. The van der Waals surface area contributed by atoms with Gasteiger partial charge in [-0.05, 0) is 24.6 Å². The molecule has 2 atom stereocenters. The van der Waals surface area contributed by atoms with E-state index in [0.717, 1.165) is 6.42 Å². The van der Waals surface area contributed by atoms with E-state index in [2.05, 4.69) is 11.9 Å². The standard InChI is InChI=1S/C11H14FN3S/c1-6-4-10(15-11(14)16-6)8-5-7(13)2-3-9(8)12/h2-3,5-6,10H,4,13H2,1H3,(H2,14,15). The van der Waals surface area contributed by atoms with Crippen LogP contribution < -0.4 is 11.5 Å². The maximum Gasteiger partial charge on any atom is 0.154 e. The van der Waals surface area contributed by atoms with Gasteiger partial charge in [0, 0.05) is 16.5 Å². The van der Waals surface area contributed by atoms with E-state index in [0.29, 0.717) is 21.7 Å². The van der Waals surface area contributed by atoms with Crippen LogP contribution in [0, 0.1) is 5.82 Å². The predicted octanol–water partition coefficient (Wildman–Crippen LogP) is 2.29. The third-order valence-corrected chi connectivity index (χ3v) is 3.48. The zero-order valence-corrected chi connectivity index (χ0v) is 9.80. The summed E-state index contributed by atoms with van der Waals surface area (Å²) in [6, 6.07) is 4.36. The molecule has 0 saturated heterocycles. The van der Waals surface area contributed by atoms with Gasteiger partial charge in [-0.2, -0.15) is 0 Å². The SMILES string of the molecule is CC1CC(c2cc(N)ccc2F)N=C(N)S1. The van der Waals surface area contributed by atoms with Gasteiger partial charge >= 0.3 is 0 Å². The first-order valence-corrected chi connectivity index (χ1v) is 5.99. The molecular formula is C11H14FN3S. The molecule has 1 aromatic rings. The molecule has 0 aromatic heterocycles. The molecule has 0 radical (unpaired) electrons. The minimum Gasteiger partial charge on any atom is -0.399 e. The number of benzene rings is 1. The summed E-state index contributed by atoms with van der Waals surface area (Å²) >= 11 is 1.52. The van der Waals surface area contributed by atoms with Gasteiger partial charge in [-0.3, -0.25) is 4.99 Å². The number of halogens is 1. The summed E-state index contributed by atoms with van der Waals surface area (Å²) in [4.78, 5) is 4.27.